The molecule has 0 aromatic heterocycles. The zero-order valence-corrected chi connectivity index (χ0v) is 15.5. The Kier molecular flexibility index (Phi) is 6.47. The molecule has 0 saturated carbocycles. The fraction of sp³-hybridized carbons (Fsp3) is 0.143. The molecule has 0 saturated heterocycles. The highest BCUT2D eigenvalue weighted by molar-refractivity contribution is 5.74. The maximum Gasteiger partial charge on any atom is 0.416 e. The van der Waals surface area contributed by atoms with Crippen LogP contribution in [-0.4, -0.2) is 19.7 Å². The van der Waals surface area contributed by atoms with Crippen LogP contribution in [0.5, 0.6) is 0 Å². The lowest BCUT2D eigenvalue weighted by Crippen LogP contribution is -2.07. The van der Waals surface area contributed by atoms with E-state index in [1.807, 2.05) is 0 Å². The van der Waals surface area contributed by atoms with Gasteiger partial charge in [-0.2, -0.15) is 26.3 Å². The first kappa shape index (κ1) is 25.5. The minimum Gasteiger partial charge on any atom is -0.258 e. The third kappa shape index (κ3) is 5.16. The van der Waals surface area contributed by atoms with Crippen LogP contribution in [0.3, 0.4) is 0 Å². The third-order valence-electron chi connectivity index (χ3n) is 3.83. The number of hydrogen-bond acceptors (Lipinski definition) is 10. The van der Waals surface area contributed by atoms with Crippen LogP contribution in [0, 0.1) is 40.5 Å². The minimum atomic E-state index is -5.30. The van der Waals surface area contributed by atoms with E-state index in [1.165, 1.54) is 0 Å². The molecule has 0 aliphatic rings. The van der Waals surface area contributed by atoms with Gasteiger partial charge >= 0.3 is 35.1 Å². The Morgan fingerprint density at radius 1 is 0.529 bits per heavy atom. The van der Waals surface area contributed by atoms with Gasteiger partial charge in [-0.25, -0.2) is 0 Å². The minimum absolute atomic E-state index is 0.184. The first-order chi connectivity index (χ1) is 15.4. The van der Waals surface area contributed by atoms with Gasteiger partial charge < -0.3 is 0 Å². The average Bonchev–Trinajstić information content (AvgIpc) is 2.68. The first-order valence-corrected chi connectivity index (χ1v) is 7.95. The second-order valence-electron chi connectivity index (χ2n) is 5.95. The van der Waals surface area contributed by atoms with Crippen LogP contribution in [-0.2, 0) is 12.4 Å². The Balaban J connectivity index is 2.90. The number of rotatable bonds is 6. The van der Waals surface area contributed by atoms with Crippen molar-refractivity contribution in [2.24, 2.45) is 10.2 Å². The monoisotopic (exact) mass is 498 g/mol. The molecule has 14 nitrogen and oxygen atoms in total. The van der Waals surface area contributed by atoms with Crippen molar-refractivity contribution in [2.75, 3.05) is 0 Å². The van der Waals surface area contributed by atoms with Gasteiger partial charge in [0.2, 0.25) is 11.4 Å². The van der Waals surface area contributed by atoms with Crippen LogP contribution in [0.15, 0.2) is 34.5 Å². The highest BCUT2D eigenvalue weighted by atomic mass is 19.4. The second kappa shape index (κ2) is 8.63. The SMILES string of the molecule is O=[N+]([O-])c1cc(C(F)(F)F)cc([N+](=O)[O-])c1N=Nc1c([N+](=O)[O-])cc(C(F)(F)F)cc1[N+](=O)[O-]. The van der Waals surface area contributed by atoms with Gasteiger partial charge in [0.1, 0.15) is 0 Å². The highest BCUT2D eigenvalue weighted by Crippen LogP contribution is 2.46. The van der Waals surface area contributed by atoms with Crippen LogP contribution >= 0.6 is 0 Å². The van der Waals surface area contributed by atoms with Gasteiger partial charge in [0.25, 0.3) is 0 Å². The molecule has 20 heteroatoms. The smallest absolute Gasteiger partial charge is 0.258 e. The van der Waals surface area contributed by atoms with Crippen molar-refractivity contribution in [1.82, 2.24) is 0 Å². The number of halogens is 6. The maximum atomic E-state index is 12.9. The van der Waals surface area contributed by atoms with Crippen LogP contribution in [0.4, 0.5) is 60.5 Å². The lowest BCUT2D eigenvalue weighted by Gasteiger charge is -2.08. The molecule has 0 heterocycles. The largest absolute Gasteiger partial charge is 0.416 e. The van der Waals surface area contributed by atoms with E-state index in [0.29, 0.717) is 0 Å². The van der Waals surface area contributed by atoms with Crippen molar-refractivity contribution in [3.8, 4) is 0 Å². The molecule has 0 spiro atoms. The Morgan fingerprint density at radius 3 is 0.882 bits per heavy atom. The molecule has 2 rings (SSSR count). The zero-order valence-electron chi connectivity index (χ0n) is 15.5. The van der Waals surface area contributed by atoms with Crippen LogP contribution in [0.1, 0.15) is 11.1 Å². The van der Waals surface area contributed by atoms with Crippen LogP contribution in [0.2, 0.25) is 0 Å². The van der Waals surface area contributed by atoms with Crippen LogP contribution < -0.4 is 0 Å². The molecule has 2 aromatic carbocycles. The fourth-order valence-electron chi connectivity index (χ4n) is 2.40. The normalized spacial score (nSPS) is 12.1. The van der Waals surface area contributed by atoms with Gasteiger partial charge in [-0.05, 0) is 0 Å². The van der Waals surface area contributed by atoms with E-state index in [0.717, 1.165) is 0 Å². The lowest BCUT2D eigenvalue weighted by atomic mass is 10.1. The maximum absolute atomic E-state index is 12.9. The molecule has 0 amide bonds. The van der Waals surface area contributed by atoms with E-state index in [1.54, 1.807) is 0 Å². The average molecular weight is 498 g/mol. The van der Waals surface area contributed by atoms with Crippen molar-refractivity contribution in [1.29, 1.82) is 0 Å². The fourth-order valence-corrected chi connectivity index (χ4v) is 2.40. The van der Waals surface area contributed by atoms with Gasteiger partial charge in [0.15, 0.2) is 0 Å². The summed E-state index contributed by atoms with van der Waals surface area (Å²) >= 11 is 0. The molecular formula is C14H4F6N6O8. The molecule has 0 atom stereocenters. The molecule has 0 bridgehead atoms. The van der Waals surface area contributed by atoms with E-state index in [9.17, 15) is 66.8 Å². The predicted octanol–water partition coefficient (Wildman–Crippen LogP) is 5.77. The van der Waals surface area contributed by atoms with E-state index in [-0.39, 0.29) is 24.3 Å². The number of nitrogens with zero attached hydrogens (tertiary/aromatic N) is 6. The molecule has 0 aliphatic heterocycles. The Labute approximate surface area is 179 Å². The van der Waals surface area contributed by atoms with Gasteiger partial charge in [-0.15, -0.1) is 10.2 Å². The number of hydrogen-bond donors (Lipinski definition) is 0. The molecule has 34 heavy (non-hydrogen) atoms. The molecule has 0 N–H and O–H groups in total. The summed E-state index contributed by atoms with van der Waals surface area (Å²) in [5.74, 6) is 0. The summed E-state index contributed by atoms with van der Waals surface area (Å²) < 4.78 is 77.6. The molecule has 0 aliphatic carbocycles. The molecular weight excluding hydrogens is 494 g/mol. The van der Waals surface area contributed by atoms with Gasteiger partial charge in [0.05, 0.1) is 30.8 Å². The van der Waals surface area contributed by atoms with Crippen molar-refractivity contribution in [2.45, 2.75) is 12.4 Å². The van der Waals surface area contributed by atoms with Gasteiger partial charge in [0, 0.05) is 24.3 Å². The Hall–Kier alpha value is -4.78. The summed E-state index contributed by atoms with van der Waals surface area (Å²) in [7, 11) is 0. The molecule has 180 valence electrons. The molecule has 2 aromatic rings. The predicted molar refractivity (Wildman–Crippen MR) is 93.7 cm³/mol. The number of azo groups is 1. The Morgan fingerprint density at radius 2 is 0.735 bits per heavy atom. The van der Waals surface area contributed by atoms with Gasteiger partial charge in [-0.1, -0.05) is 0 Å². The number of nitro benzene ring substituents is 4. The van der Waals surface area contributed by atoms with Crippen LogP contribution in [0.25, 0.3) is 0 Å². The molecule has 0 radical (unpaired) electrons. The van der Waals surface area contributed by atoms with E-state index >= 15 is 0 Å². The van der Waals surface area contributed by atoms with Gasteiger partial charge in [-0.3, -0.25) is 40.5 Å². The second-order valence-corrected chi connectivity index (χ2v) is 5.95. The summed E-state index contributed by atoms with van der Waals surface area (Å²) in [6, 6.07) is -0.734. The summed E-state index contributed by atoms with van der Waals surface area (Å²) in [5, 5.41) is 50.5. The van der Waals surface area contributed by atoms with E-state index in [2.05, 4.69) is 10.2 Å². The van der Waals surface area contributed by atoms with Crippen molar-refractivity contribution in [3.05, 3.63) is 75.8 Å². The summed E-state index contributed by atoms with van der Waals surface area (Å²) in [6.07, 6.45) is -10.6. The van der Waals surface area contributed by atoms with E-state index < -0.39 is 77.3 Å². The number of nitro groups is 4. The lowest BCUT2D eigenvalue weighted by molar-refractivity contribution is -0.393. The standard InChI is InChI=1S/C14H4F6N6O8/c15-13(16,17)5-1-7(23(27)28)11(8(2-5)24(29)30)21-22-12-9(25(31)32)3-6(14(18,19)20)4-10(12)26(33)34/h1-4H. The zero-order chi connectivity index (χ0) is 26.2. The number of alkyl halides is 6. The third-order valence-corrected chi connectivity index (χ3v) is 3.83. The number of benzene rings is 2. The summed E-state index contributed by atoms with van der Waals surface area (Å²) in [4.78, 5) is 38.5. The van der Waals surface area contributed by atoms with Crippen molar-refractivity contribution < 1.29 is 46.0 Å². The van der Waals surface area contributed by atoms with Crippen molar-refractivity contribution in [3.63, 3.8) is 0 Å². The molecule has 0 unspecified atom stereocenters. The first-order valence-electron chi connectivity index (χ1n) is 7.95. The Bertz CT molecular complexity index is 1090. The quantitative estimate of drug-likeness (QED) is 0.207. The molecule has 0 fully saturated rings. The summed E-state index contributed by atoms with van der Waals surface area (Å²) in [5.41, 5.74) is -13.4. The topological polar surface area (TPSA) is 197 Å². The van der Waals surface area contributed by atoms with E-state index in [4.69, 9.17) is 0 Å². The highest BCUT2D eigenvalue weighted by Gasteiger charge is 2.40. The summed E-state index contributed by atoms with van der Waals surface area (Å²) in [6.45, 7) is 0. The van der Waals surface area contributed by atoms with Crippen molar-refractivity contribution >= 4 is 34.1 Å².